The molecule has 1 unspecified atom stereocenters. The number of ether oxygens (including phenoxy) is 3. The van der Waals surface area contributed by atoms with Crippen molar-refractivity contribution in [1.82, 2.24) is 15.5 Å². The van der Waals surface area contributed by atoms with Gasteiger partial charge >= 0.3 is 0 Å². The standard InChI is InChI=1S/C22H23N3O5/c1-27-18-10-9-14(12-19(18)28-2)20-24-22(30-25-20)17-8-4-3-7-16(17)21(26)23-13-15-6-5-11-29-15/h3-4,7-10,12,15H,5-6,11,13H2,1-2H3,(H,23,26). The van der Waals surface area contributed by atoms with Crippen LogP contribution in [0.15, 0.2) is 47.0 Å². The van der Waals surface area contributed by atoms with E-state index in [1.54, 1.807) is 44.6 Å². The molecule has 1 fully saturated rings. The number of benzene rings is 2. The molecule has 8 nitrogen and oxygen atoms in total. The number of amides is 1. The Morgan fingerprint density at radius 3 is 2.77 bits per heavy atom. The van der Waals surface area contributed by atoms with Crippen LogP contribution in [0, 0.1) is 0 Å². The van der Waals surface area contributed by atoms with Crippen molar-refractivity contribution in [2.45, 2.75) is 18.9 Å². The van der Waals surface area contributed by atoms with Crippen molar-refractivity contribution in [3.63, 3.8) is 0 Å². The number of nitrogens with one attached hydrogen (secondary N) is 1. The van der Waals surface area contributed by atoms with E-state index < -0.39 is 0 Å². The van der Waals surface area contributed by atoms with E-state index in [0.29, 0.717) is 40.6 Å². The fourth-order valence-electron chi connectivity index (χ4n) is 3.40. The zero-order chi connectivity index (χ0) is 20.9. The van der Waals surface area contributed by atoms with Crippen LogP contribution in [0.5, 0.6) is 11.5 Å². The monoisotopic (exact) mass is 409 g/mol. The van der Waals surface area contributed by atoms with E-state index in [4.69, 9.17) is 18.7 Å². The summed E-state index contributed by atoms with van der Waals surface area (Å²) in [5.41, 5.74) is 1.75. The number of aromatic nitrogens is 2. The lowest BCUT2D eigenvalue weighted by molar-refractivity contribution is 0.0858. The van der Waals surface area contributed by atoms with Gasteiger partial charge in [-0.1, -0.05) is 17.3 Å². The molecule has 0 spiro atoms. The van der Waals surface area contributed by atoms with Gasteiger partial charge in [-0.05, 0) is 43.2 Å². The lowest BCUT2D eigenvalue weighted by Crippen LogP contribution is -2.32. The van der Waals surface area contributed by atoms with Crippen molar-refractivity contribution >= 4 is 5.91 Å². The van der Waals surface area contributed by atoms with Gasteiger partial charge in [0.15, 0.2) is 11.5 Å². The molecule has 2 aromatic carbocycles. The molecular formula is C22H23N3O5. The van der Waals surface area contributed by atoms with Crippen molar-refractivity contribution in [2.75, 3.05) is 27.4 Å². The first-order valence-corrected chi connectivity index (χ1v) is 9.75. The van der Waals surface area contributed by atoms with Gasteiger partial charge in [0.1, 0.15) is 0 Å². The second-order valence-corrected chi connectivity index (χ2v) is 6.88. The Bertz CT molecular complexity index is 1030. The maximum atomic E-state index is 12.7. The predicted octanol–water partition coefficient (Wildman–Crippen LogP) is 3.33. The summed E-state index contributed by atoms with van der Waals surface area (Å²) in [7, 11) is 3.14. The molecule has 1 atom stereocenters. The summed E-state index contributed by atoms with van der Waals surface area (Å²) >= 11 is 0. The molecule has 1 aliphatic heterocycles. The van der Waals surface area contributed by atoms with Gasteiger partial charge in [-0.2, -0.15) is 4.98 Å². The Labute approximate surface area is 174 Å². The van der Waals surface area contributed by atoms with Crippen LogP contribution in [0.3, 0.4) is 0 Å². The lowest BCUT2D eigenvalue weighted by atomic mass is 10.1. The predicted molar refractivity (Wildman–Crippen MR) is 110 cm³/mol. The molecule has 8 heteroatoms. The van der Waals surface area contributed by atoms with Gasteiger partial charge in [0.2, 0.25) is 5.82 Å². The maximum absolute atomic E-state index is 12.7. The molecule has 156 valence electrons. The van der Waals surface area contributed by atoms with E-state index in [0.717, 1.165) is 19.4 Å². The van der Waals surface area contributed by atoms with Crippen LogP contribution in [0.25, 0.3) is 22.8 Å². The molecule has 2 heterocycles. The van der Waals surface area contributed by atoms with Crippen molar-refractivity contribution in [3.05, 3.63) is 48.0 Å². The van der Waals surface area contributed by atoms with Crippen molar-refractivity contribution in [1.29, 1.82) is 0 Å². The minimum atomic E-state index is -0.202. The highest BCUT2D eigenvalue weighted by Gasteiger charge is 2.21. The molecule has 1 saturated heterocycles. The summed E-state index contributed by atoms with van der Waals surface area (Å²) in [6.07, 6.45) is 2.05. The second kappa shape index (κ2) is 8.96. The van der Waals surface area contributed by atoms with Crippen LogP contribution < -0.4 is 14.8 Å². The van der Waals surface area contributed by atoms with Crippen molar-refractivity contribution in [2.24, 2.45) is 0 Å². The zero-order valence-corrected chi connectivity index (χ0v) is 16.9. The summed E-state index contributed by atoms with van der Waals surface area (Å²) in [5.74, 6) is 1.63. The average Bonchev–Trinajstić information content (AvgIpc) is 3.49. The van der Waals surface area contributed by atoms with Gasteiger partial charge in [0.25, 0.3) is 11.8 Å². The molecule has 3 aromatic rings. The Morgan fingerprint density at radius 2 is 2.00 bits per heavy atom. The third-order valence-corrected chi connectivity index (χ3v) is 4.98. The number of hydrogen-bond donors (Lipinski definition) is 1. The van der Waals surface area contributed by atoms with Crippen LogP contribution in [-0.4, -0.2) is 49.5 Å². The fourth-order valence-corrected chi connectivity index (χ4v) is 3.40. The first-order valence-electron chi connectivity index (χ1n) is 9.75. The number of hydrogen-bond acceptors (Lipinski definition) is 7. The minimum absolute atomic E-state index is 0.0705. The van der Waals surface area contributed by atoms with Crippen LogP contribution in [0.4, 0.5) is 0 Å². The molecule has 1 N–H and O–H groups in total. The van der Waals surface area contributed by atoms with E-state index in [2.05, 4.69) is 15.5 Å². The molecule has 1 aromatic heterocycles. The maximum Gasteiger partial charge on any atom is 0.259 e. The van der Waals surface area contributed by atoms with E-state index >= 15 is 0 Å². The van der Waals surface area contributed by atoms with Gasteiger partial charge in [0, 0.05) is 18.7 Å². The van der Waals surface area contributed by atoms with Crippen molar-refractivity contribution < 1.29 is 23.5 Å². The normalized spacial score (nSPS) is 15.7. The Morgan fingerprint density at radius 1 is 1.17 bits per heavy atom. The highest BCUT2D eigenvalue weighted by molar-refractivity contribution is 6.00. The quantitative estimate of drug-likeness (QED) is 0.639. The van der Waals surface area contributed by atoms with Crippen LogP contribution >= 0.6 is 0 Å². The third-order valence-electron chi connectivity index (χ3n) is 4.98. The molecule has 1 amide bonds. The summed E-state index contributed by atoms with van der Waals surface area (Å²) in [4.78, 5) is 17.2. The van der Waals surface area contributed by atoms with Crippen molar-refractivity contribution in [3.8, 4) is 34.3 Å². The molecule has 1 aliphatic rings. The first kappa shape index (κ1) is 19.9. The van der Waals surface area contributed by atoms with Gasteiger partial charge in [-0.3, -0.25) is 4.79 Å². The number of methoxy groups -OCH3 is 2. The van der Waals surface area contributed by atoms with Crippen LogP contribution in [0.2, 0.25) is 0 Å². The van der Waals surface area contributed by atoms with E-state index in [9.17, 15) is 4.79 Å². The number of rotatable bonds is 7. The molecule has 0 saturated carbocycles. The van der Waals surface area contributed by atoms with Gasteiger partial charge < -0.3 is 24.1 Å². The van der Waals surface area contributed by atoms with Crippen LogP contribution in [0.1, 0.15) is 23.2 Å². The Hall–Kier alpha value is -3.39. The molecule has 0 bridgehead atoms. The van der Waals surface area contributed by atoms with Gasteiger partial charge in [-0.25, -0.2) is 0 Å². The minimum Gasteiger partial charge on any atom is -0.493 e. The summed E-state index contributed by atoms with van der Waals surface area (Å²) in [6, 6.07) is 12.5. The highest BCUT2D eigenvalue weighted by atomic mass is 16.5. The lowest BCUT2D eigenvalue weighted by Gasteiger charge is -2.12. The molecular weight excluding hydrogens is 386 g/mol. The van der Waals surface area contributed by atoms with E-state index in [1.807, 2.05) is 12.1 Å². The Kier molecular flexibility index (Phi) is 5.94. The highest BCUT2D eigenvalue weighted by Crippen LogP contribution is 2.32. The smallest absolute Gasteiger partial charge is 0.259 e. The molecule has 4 rings (SSSR count). The van der Waals surface area contributed by atoms with Gasteiger partial charge in [0.05, 0.1) is 31.5 Å². The fraction of sp³-hybridized carbons (Fsp3) is 0.318. The number of carbonyl (C=O) groups excluding carboxylic acids is 1. The first-order chi connectivity index (χ1) is 14.7. The SMILES string of the molecule is COc1ccc(-c2noc(-c3ccccc3C(=O)NCC3CCCO3)n2)cc1OC. The van der Waals surface area contributed by atoms with E-state index in [-0.39, 0.29) is 17.9 Å². The number of nitrogens with zero attached hydrogens (tertiary/aromatic N) is 2. The average molecular weight is 409 g/mol. The summed E-state index contributed by atoms with van der Waals surface area (Å²) < 4.78 is 21.6. The third kappa shape index (κ3) is 4.13. The number of carbonyl (C=O) groups is 1. The molecule has 30 heavy (non-hydrogen) atoms. The van der Waals surface area contributed by atoms with E-state index in [1.165, 1.54) is 0 Å². The van der Waals surface area contributed by atoms with Crippen LogP contribution in [-0.2, 0) is 4.74 Å². The molecule has 0 radical (unpaired) electrons. The van der Waals surface area contributed by atoms with Gasteiger partial charge in [-0.15, -0.1) is 0 Å². The second-order valence-electron chi connectivity index (χ2n) is 6.88. The largest absolute Gasteiger partial charge is 0.493 e. The molecule has 0 aliphatic carbocycles. The zero-order valence-electron chi connectivity index (χ0n) is 16.9. The Balaban J connectivity index is 1.57. The summed E-state index contributed by atoms with van der Waals surface area (Å²) in [6.45, 7) is 1.23. The summed E-state index contributed by atoms with van der Waals surface area (Å²) in [5, 5.41) is 7.00. The topological polar surface area (TPSA) is 95.7 Å².